The van der Waals surface area contributed by atoms with Crippen molar-refractivity contribution < 1.29 is 13.5 Å². The normalized spacial score (nSPS) is 10.8. The highest BCUT2D eigenvalue weighted by Crippen LogP contribution is 2.25. The zero-order valence-corrected chi connectivity index (χ0v) is 14.1. The number of aryl methyl sites for hydroxylation is 1. The number of rotatable bonds is 7. The molecule has 3 aromatic rings. The van der Waals surface area contributed by atoms with Crippen LogP contribution in [0.2, 0.25) is 0 Å². The summed E-state index contributed by atoms with van der Waals surface area (Å²) < 4.78 is 24.0. The molecule has 1 aromatic heterocycles. The summed E-state index contributed by atoms with van der Waals surface area (Å²) in [4.78, 5) is 0. The number of benzene rings is 2. The van der Waals surface area contributed by atoms with E-state index < -0.39 is 0 Å². The van der Waals surface area contributed by atoms with Gasteiger partial charge in [0.05, 0.1) is 6.61 Å². The van der Waals surface area contributed by atoms with Crippen LogP contribution in [0.5, 0.6) is 5.75 Å². The van der Waals surface area contributed by atoms with Crippen molar-refractivity contribution in [2.75, 3.05) is 12.4 Å². The Morgan fingerprint density at radius 2 is 1.88 bits per heavy atom. The van der Waals surface area contributed by atoms with Crippen molar-refractivity contribution in [1.29, 1.82) is 0 Å². The first kappa shape index (κ1) is 16.5. The summed E-state index contributed by atoms with van der Waals surface area (Å²) >= 11 is 1.50. The van der Waals surface area contributed by atoms with E-state index in [0.717, 1.165) is 23.3 Å². The zero-order chi connectivity index (χ0) is 16.8. The van der Waals surface area contributed by atoms with E-state index >= 15 is 0 Å². The smallest absolute Gasteiger partial charge is 0.276 e. The lowest BCUT2D eigenvalue weighted by Crippen LogP contribution is -1.98. The molecule has 6 heteroatoms. The van der Waals surface area contributed by atoms with Crippen LogP contribution in [-0.4, -0.2) is 22.6 Å². The summed E-state index contributed by atoms with van der Waals surface area (Å²) in [6, 6.07) is 13.9. The van der Waals surface area contributed by atoms with Crippen LogP contribution in [-0.2, 0) is 0 Å². The Bertz CT molecular complexity index is 790. The Balaban J connectivity index is 1.44. The minimum Gasteiger partial charge on any atom is -0.494 e. The van der Waals surface area contributed by atoms with Crippen LogP contribution < -0.4 is 4.74 Å². The van der Waals surface area contributed by atoms with Crippen molar-refractivity contribution in [2.24, 2.45) is 0 Å². The summed E-state index contributed by atoms with van der Waals surface area (Å²) in [5.74, 6) is 1.74. The number of aromatic nitrogens is 2. The first-order valence-corrected chi connectivity index (χ1v) is 8.61. The minimum atomic E-state index is -0.265. The molecule has 3 rings (SSSR count). The highest BCUT2D eigenvalue weighted by atomic mass is 32.2. The minimum absolute atomic E-state index is 0.265. The predicted octanol–water partition coefficient (Wildman–Crippen LogP) is 4.75. The van der Waals surface area contributed by atoms with Crippen molar-refractivity contribution in [1.82, 2.24) is 10.2 Å². The Morgan fingerprint density at radius 1 is 1.08 bits per heavy atom. The van der Waals surface area contributed by atoms with Gasteiger partial charge in [0.15, 0.2) is 0 Å². The molecule has 0 aliphatic rings. The fourth-order valence-electron chi connectivity index (χ4n) is 2.13. The van der Waals surface area contributed by atoms with Gasteiger partial charge in [0.2, 0.25) is 5.89 Å². The lowest BCUT2D eigenvalue weighted by molar-refractivity contribution is 0.318. The number of hydrogen-bond acceptors (Lipinski definition) is 5. The van der Waals surface area contributed by atoms with E-state index in [9.17, 15) is 4.39 Å². The van der Waals surface area contributed by atoms with Crippen molar-refractivity contribution in [3.05, 3.63) is 59.9 Å². The van der Waals surface area contributed by atoms with Crippen LogP contribution in [0.15, 0.2) is 58.2 Å². The van der Waals surface area contributed by atoms with Gasteiger partial charge in [-0.25, -0.2) is 4.39 Å². The molecular formula is C18H17FN2O2S. The molecule has 0 radical (unpaired) electrons. The van der Waals surface area contributed by atoms with Gasteiger partial charge in [0.1, 0.15) is 11.6 Å². The Morgan fingerprint density at radius 3 is 2.67 bits per heavy atom. The molecule has 0 amide bonds. The first-order chi connectivity index (χ1) is 11.7. The van der Waals surface area contributed by atoms with Gasteiger partial charge < -0.3 is 9.15 Å². The van der Waals surface area contributed by atoms with Gasteiger partial charge in [0, 0.05) is 11.3 Å². The highest BCUT2D eigenvalue weighted by Gasteiger charge is 2.10. The molecule has 0 bridgehead atoms. The van der Waals surface area contributed by atoms with E-state index in [4.69, 9.17) is 9.15 Å². The van der Waals surface area contributed by atoms with Crippen molar-refractivity contribution in [3.63, 3.8) is 0 Å². The fourth-order valence-corrected chi connectivity index (χ4v) is 2.80. The first-order valence-electron chi connectivity index (χ1n) is 7.63. The lowest BCUT2D eigenvalue weighted by Gasteiger charge is -2.04. The molecule has 0 saturated carbocycles. The molecule has 1 heterocycles. The van der Waals surface area contributed by atoms with E-state index in [2.05, 4.69) is 10.2 Å². The Labute approximate surface area is 144 Å². The van der Waals surface area contributed by atoms with Gasteiger partial charge in [0.25, 0.3) is 5.22 Å². The lowest BCUT2D eigenvalue weighted by atomic mass is 10.1. The van der Waals surface area contributed by atoms with E-state index in [1.54, 1.807) is 12.1 Å². The third-order valence-corrected chi connectivity index (χ3v) is 4.28. The summed E-state index contributed by atoms with van der Waals surface area (Å²) in [7, 11) is 0. The topological polar surface area (TPSA) is 48.2 Å². The standard InChI is InChI=1S/C18H17FN2O2S/c1-13-5-2-3-6-16(13)17-20-21-18(23-17)24-12-4-11-22-15-9-7-14(19)8-10-15/h2-3,5-10H,4,11-12H2,1H3. The quantitative estimate of drug-likeness (QED) is 0.457. The van der Waals surface area contributed by atoms with Crippen LogP contribution in [0.3, 0.4) is 0 Å². The molecule has 2 aromatic carbocycles. The molecule has 0 fully saturated rings. The summed E-state index contributed by atoms with van der Waals surface area (Å²) in [6.45, 7) is 2.57. The van der Waals surface area contributed by atoms with Crippen molar-refractivity contribution in [2.45, 2.75) is 18.6 Å². The maximum absolute atomic E-state index is 12.8. The maximum Gasteiger partial charge on any atom is 0.276 e. The number of hydrogen-bond donors (Lipinski definition) is 0. The van der Waals surface area contributed by atoms with Gasteiger partial charge in [-0.1, -0.05) is 30.0 Å². The second-order valence-electron chi connectivity index (χ2n) is 5.19. The third-order valence-electron chi connectivity index (χ3n) is 3.38. The molecule has 0 atom stereocenters. The molecule has 0 aliphatic carbocycles. The zero-order valence-electron chi connectivity index (χ0n) is 13.2. The maximum atomic E-state index is 12.8. The second-order valence-corrected chi connectivity index (χ2v) is 6.24. The molecule has 4 nitrogen and oxygen atoms in total. The van der Waals surface area contributed by atoms with Crippen LogP contribution in [0.4, 0.5) is 4.39 Å². The molecule has 0 N–H and O–H groups in total. The van der Waals surface area contributed by atoms with Crippen molar-refractivity contribution in [3.8, 4) is 17.2 Å². The third kappa shape index (κ3) is 4.35. The Kier molecular flexibility index (Phi) is 5.48. The fraction of sp³-hybridized carbons (Fsp3) is 0.222. The molecule has 0 saturated heterocycles. The van der Waals surface area contributed by atoms with Gasteiger partial charge in [-0.15, -0.1) is 10.2 Å². The average molecular weight is 344 g/mol. The number of ether oxygens (including phenoxy) is 1. The van der Waals surface area contributed by atoms with E-state index in [1.165, 1.54) is 23.9 Å². The summed E-state index contributed by atoms with van der Waals surface area (Å²) in [5, 5.41) is 8.71. The van der Waals surface area contributed by atoms with Gasteiger partial charge >= 0.3 is 0 Å². The van der Waals surface area contributed by atoms with Gasteiger partial charge in [-0.3, -0.25) is 0 Å². The van der Waals surface area contributed by atoms with E-state index in [0.29, 0.717) is 23.5 Å². The number of nitrogens with zero attached hydrogens (tertiary/aromatic N) is 2. The van der Waals surface area contributed by atoms with Crippen LogP contribution >= 0.6 is 11.8 Å². The molecule has 0 aliphatic heterocycles. The Hall–Kier alpha value is -2.34. The molecule has 124 valence electrons. The van der Waals surface area contributed by atoms with E-state index in [-0.39, 0.29) is 5.82 Å². The van der Waals surface area contributed by atoms with Crippen molar-refractivity contribution >= 4 is 11.8 Å². The highest BCUT2D eigenvalue weighted by molar-refractivity contribution is 7.99. The van der Waals surface area contributed by atoms with Gasteiger partial charge in [-0.05, 0) is 49.2 Å². The average Bonchev–Trinajstić information content (AvgIpc) is 3.05. The SMILES string of the molecule is Cc1ccccc1-c1nnc(SCCCOc2ccc(F)cc2)o1. The van der Waals surface area contributed by atoms with E-state index in [1.807, 2.05) is 31.2 Å². The van der Waals surface area contributed by atoms with Crippen LogP contribution in [0, 0.1) is 12.7 Å². The second kappa shape index (κ2) is 7.97. The summed E-state index contributed by atoms with van der Waals surface area (Å²) in [5.41, 5.74) is 2.06. The number of halogens is 1. The largest absolute Gasteiger partial charge is 0.494 e. The molecule has 0 spiro atoms. The van der Waals surface area contributed by atoms with Crippen LogP contribution in [0.25, 0.3) is 11.5 Å². The summed E-state index contributed by atoms with van der Waals surface area (Å²) in [6.07, 6.45) is 0.824. The molecule has 24 heavy (non-hydrogen) atoms. The molecule has 0 unspecified atom stereocenters. The monoisotopic (exact) mass is 344 g/mol. The molecular weight excluding hydrogens is 327 g/mol. The number of thioether (sulfide) groups is 1. The van der Waals surface area contributed by atoms with Gasteiger partial charge in [-0.2, -0.15) is 0 Å². The van der Waals surface area contributed by atoms with Crippen LogP contribution in [0.1, 0.15) is 12.0 Å². The predicted molar refractivity (Wildman–Crippen MR) is 91.7 cm³/mol.